The number of aromatic nitrogens is 1. The number of H-pyrrole nitrogens is 1. The SMILES string of the molecule is CC(=O)c1c(C)[nH]c(/C=C2\C(=O)Nc3ccc(S(=O)(=O)Cc4c(Cl)cccc4Cl)cc32)c1CCC(=O)N1CCN(C)CC1. The molecule has 43 heavy (non-hydrogen) atoms. The normalized spacial score (nSPS) is 16.4. The summed E-state index contributed by atoms with van der Waals surface area (Å²) in [6, 6.07) is 9.23. The lowest BCUT2D eigenvalue weighted by atomic mass is 9.98. The third-order valence-electron chi connectivity index (χ3n) is 7.94. The van der Waals surface area contributed by atoms with Gasteiger partial charge in [-0.05, 0) is 69.3 Å². The van der Waals surface area contributed by atoms with Gasteiger partial charge in [0.1, 0.15) is 0 Å². The van der Waals surface area contributed by atoms with Crippen molar-refractivity contribution in [3.05, 3.63) is 80.1 Å². The van der Waals surface area contributed by atoms with Crippen LogP contribution in [0.5, 0.6) is 0 Å². The van der Waals surface area contributed by atoms with Crippen LogP contribution in [0.3, 0.4) is 0 Å². The summed E-state index contributed by atoms with van der Waals surface area (Å²) in [4.78, 5) is 46.0. The minimum Gasteiger partial charge on any atom is -0.358 e. The number of amides is 2. The number of hydrogen-bond donors (Lipinski definition) is 2. The van der Waals surface area contributed by atoms with Crippen molar-refractivity contribution in [2.45, 2.75) is 37.3 Å². The molecule has 2 aliphatic rings. The summed E-state index contributed by atoms with van der Waals surface area (Å²) in [5, 5.41) is 3.28. The number of benzene rings is 2. The van der Waals surface area contributed by atoms with E-state index in [0.717, 1.165) is 13.1 Å². The second-order valence-corrected chi connectivity index (χ2v) is 13.7. The lowest BCUT2D eigenvalue weighted by molar-refractivity contribution is -0.132. The van der Waals surface area contributed by atoms with Crippen molar-refractivity contribution in [3.8, 4) is 0 Å². The fraction of sp³-hybridized carbons (Fsp3) is 0.323. The smallest absolute Gasteiger partial charge is 0.256 e. The standard InChI is InChI=1S/C31H32Cl2N4O5S/c1-18-30(19(2)38)21(8-10-29(39)37-13-11-36(3)12-14-37)28(34-18)16-23-22-15-20(7-9-27(22)35-31(23)40)43(41,42)17-24-25(32)5-4-6-26(24)33/h4-7,9,15-16,34H,8,10-14,17H2,1-3H3,(H,35,40)/b23-16-. The van der Waals surface area contributed by atoms with Crippen LogP contribution in [-0.2, 0) is 31.6 Å². The monoisotopic (exact) mass is 642 g/mol. The number of piperazine rings is 1. The van der Waals surface area contributed by atoms with Gasteiger partial charge in [0.15, 0.2) is 15.6 Å². The zero-order valence-corrected chi connectivity index (χ0v) is 26.4. The Morgan fingerprint density at radius 3 is 2.35 bits per heavy atom. The Bertz CT molecular complexity index is 1750. The van der Waals surface area contributed by atoms with Crippen molar-refractivity contribution < 1.29 is 22.8 Å². The lowest BCUT2D eigenvalue weighted by Crippen LogP contribution is -2.47. The van der Waals surface area contributed by atoms with E-state index < -0.39 is 21.5 Å². The number of nitrogens with zero attached hydrogens (tertiary/aromatic N) is 2. The maximum atomic E-state index is 13.4. The molecule has 1 saturated heterocycles. The average molecular weight is 644 g/mol. The third kappa shape index (κ3) is 6.43. The molecule has 0 unspecified atom stereocenters. The maximum Gasteiger partial charge on any atom is 0.256 e. The van der Waals surface area contributed by atoms with Gasteiger partial charge < -0.3 is 20.1 Å². The molecule has 3 aromatic rings. The summed E-state index contributed by atoms with van der Waals surface area (Å²) in [7, 11) is -1.86. The first-order chi connectivity index (χ1) is 20.4. The molecule has 226 valence electrons. The van der Waals surface area contributed by atoms with Gasteiger partial charge in [0, 0.05) is 76.4 Å². The molecule has 12 heteroatoms. The van der Waals surface area contributed by atoms with Gasteiger partial charge >= 0.3 is 0 Å². The molecule has 2 aromatic carbocycles. The topological polar surface area (TPSA) is 120 Å². The number of halogens is 2. The van der Waals surface area contributed by atoms with E-state index in [1.54, 1.807) is 37.3 Å². The molecule has 2 N–H and O–H groups in total. The highest BCUT2D eigenvalue weighted by Crippen LogP contribution is 2.37. The van der Waals surface area contributed by atoms with E-state index in [1.807, 2.05) is 11.9 Å². The number of fused-ring (bicyclic) bond motifs is 1. The fourth-order valence-corrected chi connectivity index (χ4v) is 7.72. The number of likely N-dealkylation sites (N-methyl/N-ethyl adjacent to an activating group) is 1. The van der Waals surface area contributed by atoms with Crippen LogP contribution in [0.15, 0.2) is 41.3 Å². The number of Topliss-reactive ketones (excluding diaryl/α,β-unsaturated/α-hetero) is 1. The molecule has 5 rings (SSSR count). The van der Waals surface area contributed by atoms with Crippen molar-refractivity contribution in [1.82, 2.24) is 14.8 Å². The molecule has 1 aromatic heterocycles. The Balaban J connectivity index is 1.48. The number of rotatable bonds is 8. The summed E-state index contributed by atoms with van der Waals surface area (Å²) >= 11 is 12.5. The number of aryl methyl sites for hydroxylation is 1. The summed E-state index contributed by atoms with van der Waals surface area (Å²) in [6.07, 6.45) is 2.15. The van der Waals surface area contributed by atoms with E-state index in [2.05, 4.69) is 15.2 Å². The van der Waals surface area contributed by atoms with Crippen molar-refractivity contribution in [2.75, 3.05) is 38.5 Å². The molecule has 1 fully saturated rings. The Kier molecular flexibility index (Phi) is 8.85. The third-order valence-corrected chi connectivity index (χ3v) is 10.3. The van der Waals surface area contributed by atoms with Crippen LogP contribution in [0.25, 0.3) is 11.6 Å². The number of nitrogens with one attached hydrogen (secondary N) is 2. The van der Waals surface area contributed by atoms with E-state index >= 15 is 0 Å². The number of hydrogen-bond acceptors (Lipinski definition) is 6. The maximum absolute atomic E-state index is 13.4. The predicted molar refractivity (Wildman–Crippen MR) is 168 cm³/mol. The van der Waals surface area contributed by atoms with E-state index in [0.29, 0.717) is 58.8 Å². The van der Waals surface area contributed by atoms with E-state index in [-0.39, 0.29) is 38.6 Å². The second kappa shape index (κ2) is 12.3. The first kappa shape index (κ1) is 31.0. The number of aromatic amines is 1. The highest BCUT2D eigenvalue weighted by atomic mass is 35.5. The van der Waals surface area contributed by atoms with E-state index in [1.165, 1.54) is 19.1 Å². The Labute approximate surface area is 260 Å². The van der Waals surface area contributed by atoms with Gasteiger partial charge in [0.25, 0.3) is 5.91 Å². The first-order valence-corrected chi connectivity index (χ1v) is 16.3. The molecular weight excluding hydrogens is 611 g/mol. The number of sulfone groups is 1. The molecule has 0 aliphatic carbocycles. The summed E-state index contributed by atoms with van der Waals surface area (Å²) in [6.45, 7) is 6.17. The van der Waals surface area contributed by atoms with Crippen LogP contribution in [0.1, 0.15) is 51.8 Å². The molecule has 9 nitrogen and oxygen atoms in total. The Morgan fingerprint density at radius 2 is 1.70 bits per heavy atom. The number of carbonyl (C=O) groups is 3. The largest absolute Gasteiger partial charge is 0.358 e. The van der Waals surface area contributed by atoms with Crippen LogP contribution in [-0.4, -0.2) is 74.0 Å². The molecular formula is C31H32Cl2N4O5S. The van der Waals surface area contributed by atoms with Gasteiger partial charge in [0.05, 0.1) is 16.2 Å². The van der Waals surface area contributed by atoms with Gasteiger partial charge in [-0.1, -0.05) is 29.3 Å². The molecule has 2 amide bonds. The van der Waals surface area contributed by atoms with Crippen molar-refractivity contribution in [2.24, 2.45) is 0 Å². The number of carbonyl (C=O) groups excluding carboxylic acids is 3. The van der Waals surface area contributed by atoms with Gasteiger partial charge in [-0.15, -0.1) is 0 Å². The summed E-state index contributed by atoms with van der Waals surface area (Å²) in [5.74, 6) is -0.954. The highest BCUT2D eigenvalue weighted by Gasteiger charge is 2.29. The van der Waals surface area contributed by atoms with Crippen molar-refractivity contribution >= 4 is 68.0 Å². The van der Waals surface area contributed by atoms with Gasteiger partial charge in [-0.2, -0.15) is 0 Å². The fourth-order valence-electron chi connectivity index (χ4n) is 5.60. The molecule has 2 aliphatic heterocycles. The molecule has 0 saturated carbocycles. The number of ketones is 1. The van der Waals surface area contributed by atoms with Crippen LogP contribution < -0.4 is 5.32 Å². The predicted octanol–water partition coefficient (Wildman–Crippen LogP) is 5.01. The van der Waals surface area contributed by atoms with Crippen LogP contribution in [0.4, 0.5) is 5.69 Å². The van der Waals surface area contributed by atoms with Crippen LogP contribution >= 0.6 is 23.2 Å². The quantitative estimate of drug-likeness (QED) is 0.263. The minimum atomic E-state index is -3.88. The van der Waals surface area contributed by atoms with Gasteiger partial charge in [-0.3, -0.25) is 14.4 Å². The molecule has 0 spiro atoms. The van der Waals surface area contributed by atoms with Crippen molar-refractivity contribution in [1.29, 1.82) is 0 Å². The first-order valence-electron chi connectivity index (χ1n) is 13.9. The van der Waals surface area contributed by atoms with Gasteiger partial charge in [-0.25, -0.2) is 8.42 Å². The van der Waals surface area contributed by atoms with Crippen molar-refractivity contribution in [3.63, 3.8) is 0 Å². The number of anilines is 1. The average Bonchev–Trinajstić information content (AvgIpc) is 3.44. The zero-order chi connectivity index (χ0) is 31.1. The van der Waals surface area contributed by atoms with Gasteiger partial charge in [0.2, 0.25) is 5.91 Å². The lowest BCUT2D eigenvalue weighted by Gasteiger charge is -2.32. The van der Waals surface area contributed by atoms with Crippen LogP contribution in [0.2, 0.25) is 10.0 Å². The highest BCUT2D eigenvalue weighted by molar-refractivity contribution is 7.90. The molecule has 0 bridgehead atoms. The minimum absolute atomic E-state index is 0.00900. The molecule has 3 heterocycles. The van der Waals surface area contributed by atoms with E-state index in [9.17, 15) is 22.8 Å². The summed E-state index contributed by atoms with van der Waals surface area (Å²) < 4.78 is 26.8. The Hall–Kier alpha value is -3.44. The van der Waals surface area contributed by atoms with Crippen LogP contribution in [0, 0.1) is 6.92 Å². The summed E-state index contributed by atoms with van der Waals surface area (Å²) in [5.41, 5.74) is 3.72. The molecule has 0 radical (unpaired) electrons. The second-order valence-electron chi connectivity index (χ2n) is 10.9. The zero-order valence-electron chi connectivity index (χ0n) is 24.1. The van der Waals surface area contributed by atoms with E-state index in [4.69, 9.17) is 23.2 Å². The Morgan fingerprint density at radius 1 is 1.02 bits per heavy atom. The molecule has 0 atom stereocenters.